The molecule has 0 atom stereocenters. The summed E-state index contributed by atoms with van der Waals surface area (Å²) >= 11 is 0. The molecule has 2 rings (SSSR count). The number of carboxylic acid groups (broad SMARTS) is 1. The van der Waals surface area contributed by atoms with Gasteiger partial charge in [0, 0.05) is 0 Å². The minimum absolute atomic E-state index is 0.0387. The van der Waals surface area contributed by atoms with E-state index in [1.54, 1.807) is 0 Å². The van der Waals surface area contributed by atoms with Crippen LogP contribution in [0.25, 0.3) is 11.1 Å². The summed E-state index contributed by atoms with van der Waals surface area (Å²) in [5, 5.41) is 8.91. The quantitative estimate of drug-likeness (QED) is 0.872. The standard InChI is InChI=1S/C15H13FO2/c1-9-3-4-11(5-10(9)2)12-6-13(15(17)18)8-14(16)7-12/h3-8H,1-2H3,(H,17,18). The number of halogens is 1. The summed E-state index contributed by atoms with van der Waals surface area (Å²) in [6.07, 6.45) is 0. The maximum Gasteiger partial charge on any atom is 0.335 e. The highest BCUT2D eigenvalue weighted by molar-refractivity contribution is 5.89. The highest BCUT2D eigenvalue weighted by Crippen LogP contribution is 2.24. The molecule has 0 fully saturated rings. The van der Waals surface area contributed by atoms with Crippen molar-refractivity contribution in [2.75, 3.05) is 0 Å². The summed E-state index contributed by atoms with van der Waals surface area (Å²) in [5.74, 6) is -1.66. The molecule has 0 unspecified atom stereocenters. The van der Waals surface area contributed by atoms with E-state index in [0.29, 0.717) is 5.56 Å². The zero-order valence-corrected chi connectivity index (χ0v) is 10.2. The van der Waals surface area contributed by atoms with Gasteiger partial charge < -0.3 is 5.11 Å². The minimum atomic E-state index is -1.13. The first-order valence-corrected chi connectivity index (χ1v) is 5.59. The van der Waals surface area contributed by atoms with Crippen LogP contribution in [-0.2, 0) is 0 Å². The molecule has 0 aromatic heterocycles. The zero-order valence-electron chi connectivity index (χ0n) is 10.2. The number of aromatic carboxylic acids is 1. The molecule has 0 radical (unpaired) electrons. The molecule has 0 aliphatic heterocycles. The molecule has 0 amide bonds. The Morgan fingerprint density at radius 3 is 2.33 bits per heavy atom. The lowest BCUT2D eigenvalue weighted by Crippen LogP contribution is -1.97. The Kier molecular flexibility index (Phi) is 3.15. The van der Waals surface area contributed by atoms with E-state index in [2.05, 4.69) is 0 Å². The summed E-state index contributed by atoms with van der Waals surface area (Å²) in [7, 11) is 0. The molecule has 0 bridgehead atoms. The molecule has 1 N–H and O–H groups in total. The molecule has 0 spiro atoms. The average Bonchev–Trinajstić information content (AvgIpc) is 2.31. The number of benzene rings is 2. The molecule has 0 heterocycles. The fraction of sp³-hybridized carbons (Fsp3) is 0.133. The molecule has 2 aromatic carbocycles. The van der Waals surface area contributed by atoms with Crippen molar-refractivity contribution in [1.82, 2.24) is 0 Å². The fourth-order valence-corrected chi connectivity index (χ4v) is 1.80. The fourth-order valence-electron chi connectivity index (χ4n) is 1.80. The van der Waals surface area contributed by atoms with Crippen molar-refractivity contribution >= 4 is 5.97 Å². The van der Waals surface area contributed by atoms with Gasteiger partial charge in [0.15, 0.2) is 0 Å². The van der Waals surface area contributed by atoms with Crippen LogP contribution in [0.4, 0.5) is 4.39 Å². The van der Waals surface area contributed by atoms with Gasteiger partial charge in [0.05, 0.1) is 5.56 Å². The lowest BCUT2D eigenvalue weighted by molar-refractivity contribution is 0.0696. The summed E-state index contributed by atoms with van der Waals surface area (Å²) in [4.78, 5) is 10.9. The smallest absolute Gasteiger partial charge is 0.335 e. The highest BCUT2D eigenvalue weighted by Gasteiger charge is 2.08. The molecule has 0 saturated heterocycles. The van der Waals surface area contributed by atoms with Gasteiger partial charge in [0.2, 0.25) is 0 Å². The van der Waals surface area contributed by atoms with E-state index < -0.39 is 11.8 Å². The van der Waals surface area contributed by atoms with Crippen molar-refractivity contribution in [2.45, 2.75) is 13.8 Å². The average molecular weight is 244 g/mol. The van der Waals surface area contributed by atoms with Crippen LogP contribution in [0.2, 0.25) is 0 Å². The molecule has 3 heteroatoms. The monoisotopic (exact) mass is 244 g/mol. The summed E-state index contributed by atoms with van der Waals surface area (Å²) in [6, 6.07) is 9.58. The Bertz CT molecular complexity index is 618. The van der Waals surface area contributed by atoms with Gasteiger partial charge in [-0.05, 0) is 54.3 Å². The van der Waals surface area contributed by atoms with Crippen LogP contribution in [0.5, 0.6) is 0 Å². The molecular formula is C15H13FO2. The second-order valence-electron chi connectivity index (χ2n) is 4.33. The van der Waals surface area contributed by atoms with E-state index in [9.17, 15) is 9.18 Å². The molecule has 0 aliphatic rings. The Hall–Kier alpha value is -2.16. The number of rotatable bonds is 2. The van der Waals surface area contributed by atoms with Crippen LogP contribution in [0, 0.1) is 19.7 Å². The van der Waals surface area contributed by atoms with Gasteiger partial charge in [-0.25, -0.2) is 9.18 Å². The van der Waals surface area contributed by atoms with Crippen LogP contribution in [0.1, 0.15) is 21.5 Å². The van der Waals surface area contributed by atoms with E-state index in [4.69, 9.17) is 5.11 Å². The number of hydrogen-bond donors (Lipinski definition) is 1. The predicted octanol–water partition coefficient (Wildman–Crippen LogP) is 3.81. The molecule has 0 aliphatic carbocycles. The lowest BCUT2D eigenvalue weighted by atomic mass is 9.99. The highest BCUT2D eigenvalue weighted by atomic mass is 19.1. The van der Waals surface area contributed by atoms with Crippen LogP contribution in [0.3, 0.4) is 0 Å². The third-order valence-corrected chi connectivity index (χ3v) is 2.98. The van der Waals surface area contributed by atoms with Crippen molar-refractivity contribution in [3.8, 4) is 11.1 Å². The van der Waals surface area contributed by atoms with Crippen molar-refractivity contribution < 1.29 is 14.3 Å². The first-order chi connectivity index (χ1) is 8.47. The van der Waals surface area contributed by atoms with E-state index in [1.807, 2.05) is 32.0 Å². The van der Waals surface area contributed by atoms with Gasteiger partial charge in [0.1, 0.15) is 5.82 Å². The van der Waals surface area contributed by atoms with Gasteiger partial charge in [-0.15, -0.1) is 0 Å². The van der Waals surface area contributed by atoms with Gasteiger partial charge in [-0.1, -0.05) is 18.2 Å². The summed E-state index contributed by atoms with van der Waals surface area (Å²) in [6.45, 7) is 3.96. The third kappa shape index (κ3) is 2.40. The molecular weight excluding hydrogens is 231 g/mol. The Balaban J connectivity index is 2.56. The largest absolute Gasteiger partial charge is 0.478 e. The van der Waals surface area contributed by atoms with Crippen LogP contribution in [-0.4, -0.2) is 11.1 Å². The number of aryl methyl sites for hydroxylation is 2. The summed E-state index contributed by atoms with van der Waals surface area (Å²) in [5.41, 5.74) is 3.60. The summed E-state index contributed by atoms with van der Waals surface area (Å²) < 4.78 is 13.4. The number of hydrogen-bond acceptors (Lipinski definition) is 1. The molecule has 2 aromatic rings. The molecule has 92 valence electrons. The van der Waals surface area contributed by atoms with Crippen molar-refractivity contribution in [2.24, 2.45) is 0 Å². The predicted molar refractivity (Wildman–Crippen MR) is 68.3 cm³/mol. The Labute approximate surface area is 105 Å². The topological polar surface area (TPSA) is 37.3 Å². The Morgan fingerprint density at radius 2 is 1.72 bits per heavy atom. The van der Waals surface area contributed by atoms with Crippen LogP contribution >= 0.6 is 0 Å². The maximum absolute atomic E-state index is 13.4. The van der Waals surface area contributed by atoms with Gasteiger partial charge in [-0.3, -0.25) is 0 Å². The SMILES string of the molecule is Cc1ccc(-c2cc(F)cc(C(=O)O)c2)cc1C. The Morgan fingerprint density at radius 1 is 1.00 bits per heavy atom. The molecule has 2 nitrogen and oxygen atoms in total. The van der Waals surface area contributed by atoms with Crippen molar-refractivity contribution in [1.29, 1.82) is 0 Å². The van der Waals surface area contributed by atoms with Crippen LogP contribution in [0.15, 0.2) is 36.4 Å². The van der Waals surface area contributed by atoms with Gasteiger partial charge in [-0.2, -0.15) is 0 Å². The second kappa shape index (κ2) is 4.61. The molecule has 18 heavy (non-hydrogen) atoms. The van der Waals surface area contributed by atoms with E-state index in [1.165, 1.54) is 12.1 Å². The van der Waals surface area contributed by atoms with Crippen molar-refractivity contribution in [3.05, 3.63) is 58.9 Å². The van der Waals surface area contributed by atoms with E-state index in [0.717, 1.165) is 22.8 Å². The third-order valence-electron chi connectivity index (χ3n) is 2.98. The maximum atomic E-state index is 13.4. The second-order valence-corrected chi connectivity index (χ2v) is 4.33. The number of carbonyl (C=O) groups is 1. The zero-order chi connectivity index (χ0) is 13.3. The van der Waals surface area contributed by atoms with Gasteiger partial charge >= 0.3 is 5.97 Å². The first-order valence-electron chi connectivity index (χ1n) is 5.59. The first kappa shape index (κ1) is 12.3. The number of carboxylic acids is 1. The minimum Gasteiger partial charge on any atom is -0.478 e. The van der Waals surface area contributed by atoms with Crippen molar-refractivity contribution in [3.63, 3.8) is 0 Å². The molecule has 0 saturated carbocycles. The normalized spacial score (nSPS) is 10.4. The van der Waals surface area contributed by atoms with E-state index in [-0.39, 0.29) is 5.56 Å². The van der Waals surface area contributed by atoms with Gasteiger partial charge in [0.25, 0.3) is 0 Å². The van der Waals surface area contributed by atoms with Crippen LogP contribution < -0.4 is 0 Å². The lowest BCUT2D eigenvalue weighted by Gasteiger charge is -2.07. The van der Waals surface area contributed by atoms with E-state index >= 15 is 0 Å².